The predicted octanol–water partition coefficient (Wildman–Crippen LogP) is 0.969. The van der Waals surface area contributed by atoms with Gasteiger partial charge in [-0.3, -0.25) is 9.59 Å². The summed E-state index contributed by atoms with van der Waals surface area (Å²) in [5.74, 6) is -1.46. The smallest absolute Gasteiger partial charge is 0.318 e. The molecule has 0 unspecified atom stereocenters. The van der Waals surface area contributed by atoms with Crippen LogP contribution in [-0.2, 0) is 30.3 Å². The molecule has 2 aromatic heterocycles. The van der Waals surface area contributed by atoms with Crippen LogP contribution in [0.25, 0.3) is 0 Å². The van der Waals surface area contributed by atoms with E-state index < -0.39 is 29.6 Å². The minimum absolute atomic E-state index is 0.0484. The first-order valence-electron chi connectivity index (χ1n) is 9.90. The molecule has 4 N–H and O–H groups in total. The maximum atomic E-state index is 12.6. The molecule has 2 aromatic rings. The summed E-state index contributed by atoms with van der Waals surface area (Å²) in [7, 11) is 0. The maximum absolute atomic E-state index is 12.6. The Hall–Kier alpha value is -2.66. The lowest BCUT2D eigenvalue weighted by atomic mass is 9.92. The van der Waals surface area contributed by atoms with Crippen molar-refractivity contribution in [1.82, 2.24) is 0 Å². The van der Waals surface area contributed by atoms with Gasteiger partial charge in [-0.1, -0.05) is 0 Å². The van der Waals surface area contributed by atoms with Crippen LogP contribution in [0.15, 0.2) is 45.6 Å². The molecule has 0 aliphatic heterocycles. The normalized spacial score (nSPS) is 12.0. The van der Waals surface area contributed by atoms with Crippen LogP contribution in [0.3, 0.4) is 0 Å². The Morgan fingerprint density at radius 1 is 0.710 bits per heavy atom. The number of aliphatic hydroxyl groups is 4. The van der Waals surface area contributed by atoms with Crippen LogP contribution in [0.1, 0.15) is 43.6 Å². The fourth-order valence-electron chi connectivity index (χ4n) is 3.47. The fraction of sp³-hybridized carbons (Fsp3) is 0.524. The number of rotatable bonds is 14. The molecular weight excluding hydrogens is 412 g/mol. The molecule has 0 aliphatic carbocycles. The summed E-state index contributed by atoms with van der Waals surface area (Å²) in [5.41, 5.74) is -2.89. The first-order chi connectivity index (χ1) is 14.9. The van der Waals surface area contributed by atoms with Crippen molar-refractivity contribution < 1.29 is 48.3 Å². The number of carbonyl (C=O) groups is 2. The largest absolute Gasteiger partial charge is 0.465 e. The maximum Gasteiger partial charge on any atom is 0.318 e. The average Bonchev–Trinajstić information content (AvgIpc) is 3.43. The highest BCUT2D eigenvalue weighted by Gasteiger charge is 2.41. The second-order valence-corrected chi connectivity index (χ2v) is 6.96. The standard InChI is InChI=1S/C21H28O10/c22-9-5-20(6-10-23,16-3-1-13-28-16)30-18(26)15-19(27)31-21(7-11-24,8-12-25)17-4-2-14-29-17/h1-4,13-14,22-25H,5-12,15H2. The number of hydrogen-bond acceptors (Lipinski definition) is 10. The average molecular weight is 440 g/mol. The van der Waals surface area contributed by atoms with E-state index in [4.69, 9.17) is 18.3 Å². The Morgan fingerprint density at radius 2 is 1.06 bits per heavy atom. The predicted molar refractivity (Wildman–Crippen MR) is 104 cm³/mol. The number of aliphatic hydroxyl groups excluding tert-OH is 4. The summed E-state index contributed by atoms with van der Waals surface area (Å²) < 4.78 is 21.6. The molecule has 0 saturated carbocycles. The zero-order chi connectivity index (χ0) is 22.7. The molecule has 0 saturated heterocycles. The van der Waals surface area contributed by atoms with E-state index in [1.165, 1.54) is 12.5 Å². The van der Waals surface area contributed by atoms with Crippen LogP contribution in [0, 0.1) is 0 Å². The number of furan rings is 2. The molecule has 10 nitrogen and oxygen atoms in total. The highest BCUT2D eigenvalue weighted by Crippen LogP contribution is 2.36. The molecule has 31 heavy (non-hydrogen) atoms. The molecule has 0 bridgehead atoms. The topological polar surface area (TPSA) is 160 Å². The quantitative estimate of drug-likeness (QED) is 0.246. The third-order valence-electron chi connectivity index (χ3n) is 4.91. The van der Waals surface area contributed by atoms with E-state index in [0.29, 0.717) is 0 Å². The second kappa shape index (κ2) is 11.7. The van der Waals surface area contributed by atoms with Crippen molar-refractivity contribution in [3.63, 3.8) is 0 Å². The Bertz CT molecular complexity index is 703. The van der Waals surface area contributed by atoms with Gasteiger partial charge in [0.1, 0.15) is 17.9 Å². The van der Waals surface area contributed by atoms with Gasteiger partial charge in [0.2, 0.25) is 0 Å². The zero-order valence-corrected chi connectivity index (χ0v) is 17.1. The molecule has 172 valence electrons. The van der Waals surface area contributed by atoms with Crippen molar-refractivity contribution in [2.24, 2.45) is 0 Å². The number of esters is 2. The van der Waals surface area contributed by atoms with E-state index in [0.717, 1.165) is 0 Å². The van der Waals surface area contributed by atoms with E-state index in [1.807, 2.05) is 0 Å². The van der Waals surface area contributed by atoms with E-state index in [-0.39, 0.29) is 63.6 Å². The molecule has 10 heteroatoms. The van der Waals surface area contributed by atoms with Crippen molar-refractivity contribution in [2.75, 3.05) is 26.4 Å². The second-order valence-electron chi connectivity index (χ2n) is 6.96. The molecule has 0 atom stereocenters. The van der Waals surface area contributed by atoms with Gasteiger partial charge in [0.15, 0.2) is 11.2 Å². The van der Waals surface area contributed by atoms with Crippen molar-refractivity contribution in [2.45, 2.75) is 43.3 Å². The molecular formula is C21H28O10. The van der Waals surface area contributed by atoms with Crippen LogP contribution in [0.2, 0.25) is 0 Å². The lowest BCUT2D eigenvalue weighted by Crippen LogP contribution is -2.37. The monoisotopic (exact) mass is 440 g/mol. The van der Waals surface area contributed by atoms with Crippen molar-refractivity contribution in [1.29, 1.82) is 0 Å². The molecule has 2 heterocycles. The van der Waals surface area contributed by atoms with Gasteiger partial charge in [0.25, 0.3) is 0 Å². The Morgan fingerprint density at radius 3 is 1.32 bits per heavy atom. The summed E-state index contributed by atoms with van der Waals surface area (Å²) in [6.07, 6.45) is 1.75. The number of carbonyl (C=O) groups excluding carboxylic acids is 2. The number of ether oxygens (including phenoxy) is 2. The van der Waals surface area contributed by atoms with E-state index in [9.17, 15) is 30.0 Å². The highest BCUT2D eigenvalue weighted by molar-refractivity contribution is 5.91. The molecule has 0 aliphatic rings. The zero-order valence-electron chi connectivity index (χ0n) is 17.1. The van der Waals surface area contributed by atoms with E-state index in [1.54, 1.807) is 24.3 Å². The van der Waals surface area contributed by atoms with Gasteiger partial charge in [0, 0.05) is 52.1 Å². The first-order valence-corrected chi connectivity index (χ1v) is 9.90. The van der Waals surface area contributed by atoms with Gasteiger partial charge in [-0.15, -0.1) is 0 Å². The lowest BCUT2D eigenvalue weighted by molar-refractivity contribution is -0.179. The van der Waals surface area contributed by atoms with Gasteiger partial charge >= 0.3 is 11.9 Å². The van der Waals surface area contributed by atoms with Crippen LogP contribution in [-0.4, -0.2) is 58.8 Å². The highest BCUT2D eigenvalue weighted by atomic mass is 16.6. The third-order valence-corrected chi connectivity index (χ3v) is 4.91. The van der Waals surface area contributed by atoms with Crippen LogP contribution >= 0.6 is 0 Å². The number of hydrogen-bond donors (Lipinski definition) is 4. The lowest BCUT2D eigenvalue weighted by Gasteiger charge is -2.32. The van der Waals surface area contributed by atoms with Crippen molar-refractivity contribution in [3.8, 4) is 0 Å². The van der Waals surface area contributed by atoms with Gasteiger partial charge < -0.3 is 38.7 Å². The van der Waals surface area contributed by atoms with Crippen molar-refractivity contribution >= 4 is 11.9 Å². The summed E-state index contributed by atoms with van der Waals surface area (Å²) in [6.45, 7) is -1.42. The molecule has 0 fully saturated rings. The molecule has 0 amide bonds. The van der Waals surface area contributed by atoms with Gasteiger partial charge in [-0.05, 0) is 24.3 Å². The molecule has 0 spiro atoms. The molecule has 0 radical (unpaired) electrons. The van der Waals surface area contributed by atoms with Crippen LogP contribution in [0.4, 0.5) is 0 Å². The summed E-state index contributed by atoms with van der Waals surface area (Å²) in [5, 5.41) is 37.7. The summed E-state index contributed by atoms with van der Waals surface area (Å²) in [4.78, 5) is 25.1. The third kappa shape index (κ3) is 6.17. The van der Waals surface area contributed by atoms with E-state index in [2.05, 4.69) is 0 Å². The Kier molecular flexibility index (Phi) is 9.25. The van der Waals surface area contributed by atoms with Crippen molar-refractivity contribution in [3.05, 3.63) is 48.3 Å². The Labute approximate surface area is 179 Å². The van der Waals surface area contributed by atoms with Crippen LogP contribution < -0.4 is 0 Å². The fourth-order valence-corrected chi connectivity index (χ4v) is 3.47. The molecule has 2 rings (SSSR count). The van der Waals surface area contributed by atoms with Crippen LogP contribution in [0.5, 0.6) is 0 Å². The Balaban J connectivity index is 2.16. The first kappa shape index (κ1) is 24.6. The summed E-state index contributed by atoms with van der Waals surface area (Å²) >= 11 is 0. The summed E-state index contributed by atoms with van der Waals surface area (Å²) in [6, 6.07) is 6.23. The van der Waals surface area contributed by atoms with Gasteiger partial charge in [0.05, 0.1) is 12.5 Å². The van der Waals surface area contributed by atoms with Gasteiger partial charge in [-0.2, -0.15) is 0 Å². The minimum atomic E-state index is -1.45. The molecule has 0 aromatic carbocycles. The SMILES string of the molecule is O=C(CC(=O)OC(CCO)(CCO)c1ccco1)OC(CCO)(CCO)c1ccco1. The van der Waals surface area contributed by atoms with E-state index >= 15 is 0 Å². The van der Waals surface area contributed by atoms with Gasteiger partial charge in [-0.25, -0.2) is 0 Å². The minimum Gasteiger partial charge on any atom is -0.465 e.